The second-order valence-corrected chi connectivity index (χ2v) is 8.74. The first-order valence-corrected chi connectivity index (χ1v) is 9.03. The summed E-state index contributed by atoms with van der Waals surface area (Å²) in [6.45, 7) is 12.9. The molecule has 1 aromatic rings. The van der Waals surface area contributed by atoms with Crippen LogP contribution in [0.1, 0.15) is 86.2 Å². The molecule has 4 heteroatoms. The van der Waals surface area contributed by atoms with Crippen molar-refractivity contribution in [2.75, 3.05) is 0 Å². The molecule has 1 atom stereocenters. The van der Waals surface area contributed by atoms with E-state index in [1.807, 2.05) is 0 Å². The summed E-state index contributed by atoms with van der Waals surface area (Å²) in [7, 11) is 0. The van der Waals surface area contributed by atoms with Crippen LogP contribution in [0, 0.1) is 17.3 Å². The molecule has 140 valence electrons. The van der Waals surface area contributed by atoms with Crippen molar-refractivity contribution in [1.82, 2.24) is 0 Å². The van der Waals surface area contributed by atoms with E-state index in [2.05, 4.69) is 41.5 Å². The number of carboxylic acid groups (broad SMARTS) is 2. The van der Waals surface area contributed by atoms with Crippen LogP contribution >= 0.6 is 0 Å². The summed E-state index contributed by atoms with van der Waals surface area (Å²) in [5, 5.41) is 19.0. The third kappa shape index (κ3) is 6.52. The maximum atomic E-state index is 11.8. The summed E-state index contributed by atoms with van der Waals surface area (Å²) < 4.78 is 0. The van der Waals surface area contributed by atoms with Gasteiger partial charge in [-0.15, -0.1) is 0 Å². The van der Waals surface area contributed by atoms with E-state index in [1.54, 1.807) is 6.07 Å². The Balaban J connectivity index is 3.24. The standard InChI is InChI=1S/C21H32O4/c1-13(2)11-15-8-10-17(19(22)23)18(20(24)25)16(15)9-7-14(3)12-21(4,5)6/h8,10,13-14H,7,9,11-12H2,1-6H3,(H,22,23)(H,24,25). The van der Waals surface area contributed by atoms with E-state index >= 15 is 0 Å². The summed E-state index contributed by atoms with van der Waals surface area (Å²) in [6, 6.07) is 3.23. The monoisotopic (exact) mass is 348 g/mol. The van der Waals surface area contributed by atoms with Gasteiger partial charge < -0.3 is 10.2 Å². The Bertz CT molecular complexity index is 624. The highest BCUT2D eigenvalue weighted by Crippen LogP contribution is 2.29. The molecule has 4 nitrogen and oxygen atoms in total. The van der Waals surface area contributed by atoms with E-state index in [0.717, 1.165) is 24.8 Å². The average molecular weight is 348 g/mol. The maximum Gasteiger partial charge on any atom is 0.336 e. The molecule has 25 heavy (non-hydrogen) atoms. The molecular weight excluding hydrogens is 316 g/mol. The Labute approximate surface area is 151 Å². The minimum absolute atomic E-state index is 0.0337. The third-order valence-electron chi connectivity index (χ3n) is 4.33. The Morgan fingerprint density at radius 1 is 1.04 bits per heavy atom. The molecule has 0 aromatic heterocycles. The number of rotatable bonds is 8. The van der Waals surface area contributed by atoms with Crippen molar-refractivity contribution in [3.05, 3.63) is 34.4 Å². The zero-order chi connectivity index (χ0) is 19.4. The predicted octanol–water partition coefficient (Wildman–Crippen LogP) is 5.29. The van der Waals surface area contributed by atoms with Gasteiger partial charge >= 0.3 is 11.9 Å². The quantitative estimate of drug-likeness (QED) is 0.669. The molecule has 0 fully saturated rings. The molecule has 0 saturated carbocycles. The molecule has 0 bridgehead atoms. The Hall–Kier alpha value is -1.84. The average Bonchev–Trinajstić information content (AvgIpc) is 2.42. The minimum atomic E-state index is -1.18. The molecule has 0 aliphatic rings. The van der Waals surface area contributed by atoms with Gasteiger partial charge in [0.05, 0.1) is 11.1 Å². The first-order chi connectivity index (χ1) is 11.4. The number of aromatic carboxylic acids is 2. The van der Waals surface area contributed by atoms with Crippen LogP contribution < -0.4 is 0 Å². The van der Waals surface area contributed by atoms with Gasteiger partial charge in [-0.25, -0.2) is 9.59 Å². The molecule has 1 rings (SSSR count). The van der Waals surface area contributed by atoms with Crippen molar-refractivity contribution in [2.45, 2.75) is 67.2 Å². The first-order valence-electron chi connectivity index (χ1n) is 9.03. The number of benzene rings is 1. The van der Waals surface area contributed by atoms with Crippen molar-refractivity contribution < 1.29 is 19.8 Å². The zero-order valence-electron chi connectivity index (χ0n) is 16.3. The lowest BCUT2D eigenvalue weighted by Gasteiger charge is -2.24. The van der Waals surface area contributed by atoms with Crippen LogP contribution in [0.5, 0.6) is 0 Å². The van der Waals surface area contributed by atoms with Crippen LogP contribution in [0.2, 0.25) is 0 Å². The van der Waals surface area contributed by atoms with Crippen LogP contribution in [0.4, 0.5) is 0 Å². The molecular formula is C21H32O4. The molecule has 0 spiro atoms. The van der Waals surface area contributed by atoms with Gasteiger partial charge in [-0.3, -0.25) is 0 Å². The van der Waals surface area contributed by atoms with Crippen molar-refractivity contribution in [3.63, 3.8) is 0 Å². The SMILES string of the molecule is CC(C)Cc1ccc(C(=O)O)c(C(=O)O)c1CCC(C)CC(C)(C)C. The van der Waals surface area contributed by atoms with Crippen LogP contribution in [0.25, 0.3) is 0 Å². The molecule has 0 amide bonds. The highest BCUT2D eigenvalue weighted by Gasteiger charge is 2.24. The number of hydrogen-bond donors (Lipinski definition) is 2. The number of hydrogen-bond acceptors (Lipinski definition) is 2. The fourth-order valence-electron chi connectivity index (χ4n) is 3.57. The molecule has 0 heterocycles. The maximum absolute atomic E-state index is 11.8. The van der Waals surface area contributed by atoms with Crippen molar-refractivity contribution >= 4 is 11.9 Å². The second kappa shape index (κ2) is 8.50. The lowest BCUT2D eigenvalue weighted by molar-refractivity contribution is 0.0650. The molecule has 1 unspecified atom stereocenters. The summed E-state index contributed by atoms with van der Waals surface area (Å²) >= 11 is 0. The summed E-state index contributed by atoms with van der Waals surface area (Å²) in [6.07, 6.45) is 3.25. The van der Waals surface area contributed by atoms with E-state index < -0.39 is 11.9 Å². The Kier molecular flexibility index (Phi) is 7.21. The van der Waals surface area contributed by atoms with Gasteiger partial charge in [-0.05, 0) is 60.1 Å². The molecule has 0 saturated heterocycles. The third-order valence-corrected chi connectivity index (χ3v) is 4.33. The van der Waals surface area contributed by atoms with Gasteiger partial charge in [0.2, 0.25) is 0 Å². The van der Waals surface area contributed by atoms with Gasteiger partial charge in [0, 0.05) is 0 Å². The predicted molar refractivity (Wildman–Crippen MR) is 100 cm³/mol. The molecule has 1 aromatic carbocycles. The van der Waals surface area contributed by atoms with Gasteiger partial charge in [0.25, 0.3) is 0 Å². The first kappa shape index (κ1) is 21.2. The van der Waals surface area contributed by atoms with Gasteiger partial charge in [0.1, 0.15) is 0 Å². The van der Waals surface area contributed by atoms with E-state index in [0.29, 0.717) is 23.8 Å². The molecule has 0 aliphatic carbocycles. The summed E-state index contributed by atoms with van der Waals surface area (Å²) in [5.74, 6) is -1.51. The van der Waals surface area contributed by atoms with Crippen LogP contribution in [-0.4, -0.2) is 22.2 Å². The molecule has 2 N–H and O–H groups in total. The van der Waals surface area contributed by atoms with E-state index in [1.165, 1.54) is 6.07 Å². The van der Waals surface area contributed by atoms with E-state index in [4.69, 9.17) is 0 Å². The van der Waals surface area contributed by atoms with Gasteiger partial charge in [0.15, 0.2) is 0 Å². The minimum Gasteiger partial charge on any atom is -0.478 e. The van der Waals surface area contributed by atoms with Crippen molar-refractivity contribution in [1.29, 1.82) is 0 Å². The fourth-order valence-corrected chi connectivity index (χ4v) is 3.57. The lowest BCUT2D eigenvalue weighted by Crippen LogP contribution is -2.16. The van der Waals surface area contributed by atoms with E-state index in [-0.39, 0.29) is 16.5 Å². The lowest BCUT2D eigenvalue weighted by atomic mass is 9.81. The summed E-state index contributed by atoms with van der Waals surface area (Å²) in [5.41, 5.74) is 1.73. The highest BCUT2D eigenvalue weighted by atomic mass is 16.4. The Morgan fingerprint density at radius 3 is 2.08 bits per heavy atom. The van der Waals surface area contributed by atoms with Crippen LogP contribution in [0.3, 0.4) is 0 Å². The summed E-state index contributed by atoms with van der Waals surface area (Å²) in [4.78, 5) is 23.3. The van der Waals surface area contributed by atoms with Crippen molar-refractivity contribution in [3.8, 4) is 0 Å². The van der Waals surface area contributed by atoms with Gasteiger partial charge in [-0.2, -0.15) is 0 Å². The number of carboxylic acids is 2. The van der Waals surface area contributed by atoms with E-state index in [9.17, 15) is 19.8 Å². The topological polar surface area (TPSA) is 74.6 Å². The van der Waals surface area contributed by atoms with Crippen molar-refractivity contribution in [2.24, 2.45) is 17.3 Å². The zero-order valence-corrected chi connectivity index (χ0v) is 16.3. The molecule has 0 radical (unpaired) electrons. The van der Waals surface area contributed by atoms with Crippen LogP contribution in [0.15, 0.2) is 12.1 Å². The number of carbonyl (C=O) groups is 2. The van der Waals surface area contributed by atoms with Crippen LogP contribution in [-0.2, 0) is 12.8 Å². The second-order valence-electron chi connectivity index (χ2n) is 8.74. The largest absolute Gasteiger partial charge is 0.478 e. The molecule has 0 aliphatic heterocycles. The highest BCUT2D eigenvalue weighted by molar-refractivity contribution is 6.03. The Morgan fingerprint density at radius 2 is 1.64 bits per heavy atom. The fraction of sp³-hybridized carbons (Fsp3) is 0.619. The van der Waals surface area contributed by atoms with Gasteiger partial charge in [-0.1, -0.05) is 47.6 Å². The normalized spacial score (nSPS) is 13.1. The smallest absolute Gasteiger partial charge is 0.336 e.